The summed E-state index contributed by atoms with van der Waals surface area (Å²) in [6.07, 6.45) is -3.83. The first kappa shape index (κ1) is 27.8. The number of fused-ring (bicyclic) bond motifs is 1. The molecular formula is C30H23F3N2O5S. The molecule has 0 fully saturated rings. The van der Waals surface area contributed by atoms with Gasteiger partial charge in [0.25, 0.3) is 0 Å². The average molecular weight is 581 g/mol. The molecule has 2 N–H and O–H groups in total. The number of nitrogens with one attached hydrogen (secondary N) is 1. The molecule has 0 unspecified atom stereocenters. The quantitative estimate of drug-likeness (QED) is 0.206. The standard InChI is InChI=1S/C30H23F3N2O5S/c1-41(38,39)34-23-11-6-10-21(16-23)22-13-14-25-26(17-22)35(18-19-7-5-12-24(15-19)40-30(31,32)33)28(29(36)37)27(25)20-8-3-2-4-9-20/h2-17,34H,18H2,1H3,(H,36,37). The number of halogens is 3. The van der Waals surface area contributed by atoms with Crippen LogP contribution >= 0.6 is 0 Å². The zero-order valence-corrected chi connectivity index (χ0v) is 22.3. The van der Waals surface area contributed by atoms with Gasteiger partial charge in [0, 0.05) is 23.2 Å². The topological polar surface area (TPSA) is 97.6 Å². The van der Waals surface area contributed by atoms with Gasteiger partial charge in [-0.15, -0.1) is 13.2 Å². The number of carboxylic acid groups (broad SMARTS) is 1. The Bertz CT molecular complexity index is 1870. The van der Waals surface area contributed by atoms with Gasteiger partial charge in [-0.05, 0) is 52.6 Å². The number of sulfonamides is 1. The van der Waals surface area contributed by atoms with E-state index in [1.54, 1.807) is 71.3 Å². The fourth-order valence-corrected chi connectivity index (χ4v) is 5.37. The first-order chi connectivity index (χ1) is 19.4. The summed E-state index contributed by atoms with van der Waals surface area (Å²) in [5.41, 5.74) is 3.74. The highest BCUT2D eigenvalue weighted by molar-refractivity contribution is 7.92. The van der Waals surface area contributed by atoms with E-state index < -0.39 is 28.1 Å². The molecule has 210 valence electrons. The number of nitrogens with zero attached hydrogens (tertiary/aromatic N) is 1. The van der Waals surface area contributed by atoms with Crippen LogP contribution in [0.2, 0.25) is 0 Å². The van der Waals surface area contributed by atoms with Crippen LogP contribution in [-0.4, -0.2) is 36.7 Å². The summed E-state index contributed by atoms with van der Waals surface area (Å²) in [7, 11) is -3.51. The summed E-state index contributed by atoms with van der Waals surface area (Å²) >= 11 is 0. The molecule has 1 heterocycles. The second-order valence-electron chi connectivity index (χ2n) is 9.36. The lowest BCUT2D eigenvalue weighted by Gasteiger charge is -2.13. The molecular weight excluding hydrogens is 557 g/mol. The van der Waals surface area contributed by atoms with Crippen LogP contribution in [0.5, 0.6) is 5.75 Å². The van der Waals surface area contributed by atoms with Gasteiger partial charge >= 0.3 is 12.3 Å². The van der Waals surface area contributed by atoms with Crippen LogP contribution < -0.4 is 9.46 Å². The van der Waals surface area contributed by atoms with E-state index in [4.69, 9.17) is 0 Å². The van der Waals surface area contributed by atoms with E-state index >= 15 is 0 Å². The lowest BCUT2D eigenvalue weighted by Crippen LogP contribution is -2.17. The second kappa shape index (κ2) is 10.7. The van der Waals surface area contributed by atoms with Gasteiger partial charge in [0.05, 0.1) is 11.8 Å². The largest absolute Gasteiger partial charge is 0.573 e. The third-order valence-corrected chi connectivity index (χ3v) is 6.91. The van der Waals surface area contributed by atoms with E-state index in [9.17, 15) is 31.5 Å². The van der Waals surface area contributed by atoms with Crippen LogP contribution in [0.4, 0.5) is 18.9 Å². The van der Waals surface area contributed by atoms with Crippen LogP contribution in [0.25, 0.3) is 33.2 Å². The van der Waals surface area contributed by atoms with E-state index in [2.05, 4.69) is 9.46 Å². The number of hydrogen-bond acceptors (Lipinski definition) is 4. The number of hydrogen-bond donors (Lipinski definition) is 2. The Labute approximate surface area is 233 Å². The molecule has 0 aliphatic heterocycles. The van der Waals surface area contributed by atoms with Gasteiger partial charge in [-0.25, -0.2) is 13.2 Å². The van der Waals surface area contributed by atoms with Crippen molar-refractivity contribution in [3.05, 3.63) is 108 Å². The number of ether oxygens (including phenoxy) is 1. The molecule has 0 aliphatic carbocycles. The van der Waals surface area contributed by atoms with Crippen molar-refractivity contribution in [2.75, 3.05) is 11.0 Å². The Hall–Kier alpha value is -4.77. The minimum Gasteiger partial charge on any atom is -0.477 e. The maximum atomic E-state index is 12.9. The third kappa shape index (κ3) is 6.36. The van der Waals surface area contributed by atoms with Gasteiger partial charge in [0.2, 0.25) is 10.0 Å². The molecule has 4 aromatic carbocycles. The molecule has 1 aromatic heterocycles. The van der Waals surface area contributed by atoms with E-state index in [1.165, 1.54) is 18.2 Å². The number of benzene rings is 4. The zero-order chi connectivity index (χ0) is 29.4. The average Bonchev–Trinajstić information content (AvgIpc) is 3.21. The summed E-state index contributed by atoms with van der Waals surface area (Å²) < 4.78 is 70.1. The number of alkyl halides is 3. The van der Waals surface area contributed by atoms with E-state index in [0.29, 0.717) is 44.4 Å². The Morgan fingerprint density at radius 3 is 2.24 bits per heavy atom. The van der Waals surface area contributed by atoms with Crippen molar-refractivity contribution >= 4 is 32.6 Å². The smallest absolute Gasteiger partial charge is 0.477 e. The fourth-order valence-electron chi connectivity index (χ4n) is 4.81. The monoisotopic (exact) mass is 580 g/mol. The van der Waals surface area contributed by atoms with Gasteiger partial charge in [-0.2, -0.15) is 0 Å². The molecule has 7 nitrogen and oxygen atoms in total. The lowest BCUT2D eigenvalue weighted by molar-refractivity contribution is -0.274. The van der Waals surface area contributed by atoms with Crippen LogP contribution in [0.1, 0.15) is 16.1 Å². The molecule has 5 aromatic rings. The minimum atomic E-state index is -4.87. The maximum Gasteiger partial charge on any atom is 0.573 e. The van der Waals surface area contributed by atoms with Crippen LogP contribution in [-0.2, 0) is 16.6 Å². The Morgan fingerprint density at radius 2 is 1.56 bits per heavy atom. The van der Waals surface area contributed by atoms with Crippen molar-refractivity contribution in [3.8, 4) is 28.0 Å². The molecule has 0 saturated carbocycles. The number of rotatable bonds is 8. The van der Waals surface area contributed by atoms with Gasteiger partial charge in [0.1, 0.15) is 11.4 Å². The molecule has 0 radical (unpaired) electrons. The fraction of sp³-hybridized carbons (Fsp3) is 0.100. The molecule has 0 bridgehead atoms. The highest BCUT2D eigenvalue weighted by Gasteiger charge is 2.31. The van der Waals surface area contributed by atoms with Crippen molar-refractivity contribution in [2.45, 2.75) is 12.9 Å². The van der Waals surface area contributed by atoms with E-state index in [-0.39, 0.29) is 12.2 Å². The zero-order valence-electron chi connectivity index (χ0n) is 21.5. The molecule has 0 amide bonds. The third-order valence-electron chi connectivity index (χ3n) is 6.30. The molecule has 0 spiro atoms. The Morgan fingerprint density at radius 1 is 0.878 bits per heavy atom. The summed E-state index contributed by atoms with van der Waals surface area (Å²) in [5, 5.41) is 11.0. The normalized spacial score (nSPS) is 11.9. The van der Waals surface area contributed by atoms with E-state index in [1.807, 2.05) is 12.1 Å². The van der Waals surface area contributed by atoms with Crippen LogP contribution in [0.3, 0.4) is 0 Å². The second-order valence-corrected chi connectivity index (χ2v) is 11.1. The summed E-state index contributed by atoms with van der Waals surface area (Å²) in [5.74, 6) is -1.62. The van der Waals surface area contributed by atoms with Gasteiger partial charge in [-0.1, -0.05) is 66.7 Å². The summed E-state index contributed by atoms with van der Waals surface area (Å²) in [4.78, 5) is 12.7. The van der Waals surface area contributed by atoms with Crippen molar-refractivity contribution in [1.29, 1.82) is 0 Å². The van der Waals surface area contributed by atoms with Gasteiger partial charge in [0.15, 0.2) is 0 Å². The molecule has 5 rings (SSSR count). The van der Waals surface area contributed by atoms with Gasteiger partial charge < -0.3 is 14.4 Å². The number of aromatic nitrogens is 1. The van der Waals surface area contributed by atoms with Crippen molar-refractivity contribution in [2.24, 2.45) is 0 Å². The molecule has 11 heteroatoms. The molecule has 41 heavy (non-hydrogen) atoms. The Kier molecular flexibility index (Phi) is 7.22. The summed E-state index contributed by atoms with van der Waals surface area (Å²) in [6.45, 7) is -0.0564. The number of aromatic carboxylic acids is 1. The highest BCUT2D eigenvalue weighted by atomic mass is 32.2. The first-order valence-electron chi connectivity index (χ1n) is 12.3. The van der Waals surface area contributed by atoms with Gasteiger partial charge in [-0.3, -0.25) is 4.72 Å². The first-order valence-corrected chi connectivity index (χ1v) is 14.1. The maximum absolute atomic E-state index is 12.9. The van der Waals surface area contributed by atoms with Crippen LogP contribution in [0.15, 0.2) is 97.1 Å². The predicted molar refractivity (Wildman–Crippen MR) is 150 cm³/mol. The van der Waals surface area contributed by atoms with Crippen molar-refractivity contribution in [3.63, 3.8) is 0 Å². The molecule has 0 aliphatic rings. The van der Waals surface area contributed by atoms with Crippen molar-refractivity contribution in [1.82, 2.24) is 4.57 Å². The number of carboxylic acids is 1. The summed E-state index contributed by atoms with van der Waals surface area (Å²) in [6, 6.07) is 26.5. The lowest BCUT2D eigenvalue weighted by atomic mass is 9.99. The SMILES string of the molecule is CS(=O)(=O)Nc1cccc(-c2ccc3c(-c4ccccc4)c(C(=O)O)n(Cc4cccc(OC(F)(F)F)c4)c3c2)c1. The number of carbonyl (C=O) groups is 1. The van der Waals surface area contributed by atoms with Crippen molar-refractivity contribution < 1.29 is 36.2 Å². The minimum absolute atomic E-state index is 0.0296. The Balaban J connectivity index is 1.71. The van der Waals surface area contributed by atoms with E-state index in [0.717, 1.165) is 6.26 Å². The molecule has 0 atom stereocenters. The highest BCUT2D eigenvalue weighted by Crippen LogP contribution is 2.38. The molecule has 0 saturated heterocycles. The predicted octanol–water partition coefficient (Wildman–Crippen LogP) is 6.99. The number of anilines is 1. The van der Waals surface area contributed by atoms with Crippen LogP contribution in [0, 0.1) is 0 Å².